The van der Waals surface area contributed by atoms with Gasteiger partial charge in [-0.1, -0.05) is 18.2 Å². The number of aliphatic hydroxyl groups is 1. The number of primary amides is 1. The summed E-state index contributed by atoms with van der Waals surface area (Å²) in [6.07, 6.45) is -5.70. The molecule has 188 valence electrons. The van der Waals surface area contributed by atoms with Crippen molar-refractivity contribution in [1.29, 1.82) is 10.7 Å². The molecule has 0 radical (unpaired) electrons. The van der Waals surface area contributed by atoms with Crippen molar-refractivity contribution in [3.8, 4) is 6.07 Å². The molecule has 9 nitrogen and oxygen atoms in total. The first-order chi connectivity index (χ1) is 16.9. The van der Waals surface area contributed by atoms with Gasteiger partial charge in [0.1, 0.15) is 12.6 Å². The molecule has 0 aliphatic carbocycles. The van der Waals surface area contributed by atoms with E-state index in [4.69, 9.17) is 21.1 Å². The zero-order valence-corrected chi connectivity index (χ0v) is 19.2. The van der Waals surface area contributed by atoms with E-state index in [2.05, 4.69) is 0 Å². The molecule has 0 saturated carbocycles. The maximum atomic E-state index is 13.4. The SMILES string of the molecule is CC1=C(C(=O)OCC(C)O)[C@@H](c2ccc(C#N)cc2)N(C(N)=O)C(=N)N1c1cccc(C(F)(F)F)c1. The number of nitrogens with two attached hydrogens (primary N) is 1. The number of benzene rings is 2. The third-order valence-corrected chi connectivity index (χ3v) is 5.40. The summed E-state index contributed by atoms with van der Waals surface area (Å²) in [5.41, 5.74) is 4.86. The lowest BCUT2D eigenvalue weighted by atomic mass is 9.92. The number of carbonyl (C=O) groups excluding carboxylic acids is 2. The molecule has 2 aromatic rings. The first-order valence-electron chi connectivity index (χ1n) is 10.6. The number of carbonyl (C=O) groups is 2. The van der Waals surface area contributed by atoms with Crippen molar-refractivity contribution in [2.24, 2.45) is 5.73 Å². The lowest BCUT2D eigenvalue weighted by Crippen LogP contribution is -2.55. The van der Waals surface area contributed by atoms with Crippen molar-refractivity contribution in [2.75, 3.05) is 11.5 Å². The van der Waals surface area contributed by atoms with E-state index in [9.17, 15) is 27.9 Å². The van der Waals surface area contributed by atoms with Gasteiger partial charge in [-0.05, 0) is 49.7 Å². The number of aliphatic hydroxyl groups excluding tert-OH is 1. The number of esters is 1. The molecule has 0 spiro atoms. The first-order valence-corrected chi connectivity index (χ1v) is 10.6. The van der Waals surface area contributed by atoms with Crippen molar-refractivity contribution in [3.63, 3.8) is 0 Å². The number of hydrogen-bond donors (Lipinski definition) is 3. The Kier molecular flexibility index (Phi) is 7.35. The van der Waals surface area contributed by atoms with Crippen molar-refractivity contribution in [3.05, 3.63) is 76.5 Å². The quantitative estimate of drug-likeness (QED) is 0.534. The summed E-state index contributed by atoms with van der Waals surface area (Å²) in [4.78, 5) is 27.5. The Morgan fingerprint density at radius 1 is 1.25 bits per heavy atom. The Balaban J connectivity index is 2.27. The molecule has 0 fully saturated rings. The van der Waals surface area contributed by atoms with Gasteiger partial charge in [0.05, 0.1) is 28.9 Å². The number of rotatable bonds is 5. The van der Waals surface area contributed by atoms with Crippen LogP contribution in [-0.2, 0) is 15.7 Å². The molecular formula is C24H22F3N5O4. The second-order valence-electron chi connectivity index (χ2n) is 8.00. The number of allylic oxidation sites excluding steroid dienone is 1. The fraction of sp³-hybridized carbons (Fsp3) is 0.250. The minimum Gasteiger partial charge on any atom is -0.459 e. The monoisotopic (exact) mass is 501 g/mol. The van der Waals surface area contributed by atoms with Gasteiger partial charge in [-0.2, -0.15) is 18.4 Å². The number of halogens is 3. The van der Waals surface area contributed by atoms with E-state index in [0.717, 1.165) is 28.0 Å². The van der Waals surface area contributed by atoms with Crippen LogP contribution >= 0.6 is 0 Å². The second kappa shape index (κ2) is 10.1. The van der Waals surface area contributed by atoms with Gasteiger partial charge in [0.15, 0.2) is 0 Å². The predicted molar refractivity (Wildman–Crippen MR) is 122 cm³/mol. The number of guanidine groups is 1. The molecular weight excluding hydrogens is 479 g/mol. The van der Waals surface area contributed by atoms with E-state index in [1.54, 1.807) is 0 Å². The van der Waals surface area contributed by atoms with Crippen LogP contribution in [0.4, 0.5) is 23.7 Å². The summed E-state index contributed by atoms with van der Waals surface area (Å²) in [7, 11) is 0. The van der Waals surface area contributed by atoms with E-state index in [-0.39, 0.29) is 17.0 Å². The molecule has 2 amide bonds. The number of nitrogens with one attached hydrogen (secondary N) is 1. The zero-order valence-electron chi connectivity index (χ0n) is 19.2. The van der Waals surface area contributed by atoms with E-state index < -0.39 is 48.5 Å². The highest BCUT2D eigenvalue weighted by Gasteiger charge is 2.44. The number of alkyl halides is 3. The minimum absolute atomic E-state index is 0.0155. The predicted octanol–water partition coefficient (Wildman–Crippen LogP) is 3.65. The fourth-order valence-electron chi connectivity index (χ4n) is 3.79. The van der Waals surface area contributed by atoms with E-state index in [1.807, 2.05) is 6.07 Å². The zero-order chi connectivity index (χ0) is 26.8. The topological polar surface area (TPSA) is 144 Å². The van der Waals surface area contributed by atoms with E-state index in [1.165, 1.54) is 44.2 Å². The standard InChI is InChI=1S/C24H22F3N5O4/c1-13(33)12-36-21(34)19-14(2)31(18-5-3-4-17(10-18)24(25,26)27)22(29)32(23(30)35)20(19)16-8-6-15(11-28)7-9-16/h3-10,13,20,29,33H,12H2,1-2H3,(H2,30,35)/t13?,20-/m1/s1. The fourth-order valence-corrected chi connectivity index (χ4v) is 3.79. The van der Waals surface area contributed by atoms with Crippen LogP contribution in [0.25, 0.3) is 0 Å². The second-order valence-corrected chi connectivity index (χ2v) is 8.00. The van der Waals surface area contributed by atoms with Gasteiger partial charge in [0.2, 0.25) is 5.96 Å². The average Bonchev–Trinajstić information content (AvgIpc) is 2.81. The van der Waals surface area contributed by atoms with Gasteiger partial charge < -0.3 is 15.6 Å². The van der Waals surface area contributed by atoms with Crippen LogP contribution in [0.3, 0.4) is 0 Å². The summed E-state index contributed by atoms with van der Waals surface area (Å²) in [5, 5.41) is 27.3. The van der Waals surface area contributed by atoms with Crippen molar-refractivity contribution < 1.29 is 32.6 Å². The summed E-state index contributed by atoms with van der Waals surface area (Å²) in [6.45, 7) is 2.38. The molecule has 1 heterocycles. The van der Waals surface area contributed by atoms with E-state index >= 15 is 0 Å². The number of ether oxygens (including phenoxy) is 1. The number of nitrogens with zero attached hydrogens (tertiary/aromatic N) is 3. The lowest BCUT2D eigenvalue weighted by molar-refractivity contribution is -0.142. The Morgan fingerprint density at radius 2 is 1.89 bits per heavy atom. The van der Waals surface area contributed by atoms with Gasteiger partial charge in [0, 0.05) is 11.4 Å². The number of amides is 2. The van der Waals surface area contributed by atoms with Crippen LogP contribution in [0.15, 0.2) is 59.8 Å². The molecule has 0 aromatic heterocycles. The lowest BCUT2D eigenvalue weighted by Gasteiger charge is -2.43. The van der Waals surface area contributed by atoms with Crippen LogP contribution in [0.5, 0.6) is 0 Å². The molecule has 2 atom stereocenters. The molecule has 12 heteroatoms. The molecule has 1 aliphatic heterocycles. The van der Waals surface area contributed by atoms with Crippen molar-refractivity contribution >= 4 is 23.6 Å². The summed E-state index contributed by atoms with van der Waals surface area (Å²) in [6, 6.07) is 9.33. The van der Waals surface area contributed by atoms with Crippen LogP contribution in [-0.4, -0.2) is 40.7 Å². The molecule has 0 saturated heterocycles. The Labute approximate surface area is 204 Å². The minimum atomic E-state index is -4.68. The first kappa shape index (κ1) is 26.2. The van der Waals surface area contributed by atoms with E-state index in [0.29, 0.717) is 11.1 Å². The Hall–Kier alpha value is -4.37. The number of anilines is 1. The van der Waals surface area contributed by atoms with Crippen molar-refractivity contribution in [1.82, 2.24) is 4.90 Å². The number of hydrogen-bond acceptors (Lipinski definition) is 6. The molecule has 0 bridgehead atoms. The number of nitriles is 1. The molecule has 36 heavy (non-hydrogen) atoms. The summed E-state index contributed by atoms with van der Waals surface area (Å²) in [5.74, 6) is -1.57. The Bertz CT molecular complexity index is 1270. The largest absolute Gasteiger partial charge is 0.459 e. The molecule has 3 rings (SSSR count). The molecule has 4 N–H and O–H groups in total. The highest BCUT2D eigenvalue weighted by atomic mass is 19.4. The third kappa shape index (κ3) is 5.16. The molecule has 1 aliphatic rings. The summed E-state index contributed by atoms with van der Waals surface area (Å²) >= 11 is 0. The van der Waals surface area contributed by atoms with Crippen molar-refractivity contribution in [2.45, 2.75) is 32.2 Å². The van der Waals surface area contributed by atoms with Gasteiger partial charge in [-0.3, -0.25) is 15.2 Å². The van der Waals surface area contributed by atoms with Gasteiger partial charge in [0.25, 0.3) is 0 Å². The van der Waals surface area contributed by atoms with Crippen LogP contribution in [0, 0.1) is 16.7 Å². The normalized spacial score (nSPS) is 17.0. The van der Waals surface area contributed by atoms with Crippen LogP contribution in [0.1, 0.15) is 36.6 Å². The maximum absolute atomic E-state index is 13.4. The third-order valence-electron chi connectivity index (χ3n) is 5.40. The maximum Gasteiger partial charge on any atom is 0.416 e. The van der Waals surface area contributed by atoms with Gasteiger partial charge in [-0.15, -0.1) is 0 Å². The molecule has 1 unspecified atom stereocenters. The number of urea groups is 1. The van der Waals surface area contributed by atoms with Gasteiger partial charge in [-0.25, -0.2) is 9.59 Å². The van der Waals surface area contributed by atoms with Gasteiger partial charge >= 0.3 is 18.2 Å². The highest BCUT2D eigenvalue weighted by molar-refractivity contribution is 6.10. The van der Waals surface area contributed by atoms with Crippen LogP contribution < -0.4 is 10.6 Å². The summed E-state index contributed by atoms with van der Waals surface area (Å²) < 4.78 is 45.3. The smallest absolute Gasteiger partial charge is 0.416 e. The van der Waals surface area contributed by atoms with Crippen LogP contribution in [0.2, 0.25) is 0 Å². The average molecular weight is 501 g/mol. The Morgan fingerprint density at radius 3 is 2.42 bits per heavy atom. The highest BCUT2D eigenvalue weighted by Crippen LogP contribution is 2.41. The molecule has 2 aromatic carbocycles.